The number of amides is 1. The first-order valence-corrected chi connectivity index (χ1v) is 26.5. The van der Waals surface area contributed by atoms with Crippen LogP contribution in [-0.4, -0.2) is 46.9 Å². The van der Waals surface area contributed by atoms with Gasteiger partial charge in [0.2, 0.25) is 5.91 Å². The minimum Gasteiger partial charge on any atom is -0.462 e. The molecule has 0 saturated carbocycles. The maximum absolute atomic E-state index is 13.2. The number of ether oxygens (including phenoxy) is 1. The number of esters is 1. The van der Waals surface area contributed by atoms with Crippen molar-refractivity contribution >= 4 is 11.9 Å². The van der Waals surface area contributed by atoms with Crippen molar-refractivity contribution in [2.24, 2.45) is 0 Å². The molecule has 3 atom stereocenters. The number of carbonyl (C=O) groups is 2. The van der Waals surface area contributed by atoms with Gasteiger partial charge < -0.3 is 20.3 Å². The van der Waals surface area contributed by atoms with E-state index in [1.807, 2.05) is 0 Å². The molecule has 6 nitrogen and oxygen atoms in total. The molecule has 6 heteroatoms. The van der Waals surface area contributed by atoms with Gasteiger partial charge in [-0.05, 0) is 89.9 Å². The molecular formula is C56H101NO5. The number of aliphatic hydroxyl groups is 2. The van der Waals surface area contributed by atoms with Crippen molar-refractivity contribution in [1.82, 2.24) is 5.32 Å². The Morgan fingerprint density at radius 1 is 0.468 bits per heavy atom. The molecule has 0 aliphatic carbocycles. The predicted molar refractivity (Wildman–Crippen MR) is 268 cm³/mol. The van der Waals surface area contributed by atoms with E-state index in [4.69, 9.17) is 4.74 Å². The molecule has 0 aromatic heterocycles. The number of nitrogens with one attached hydrogen (secondary N) is 1. The van der Waals surface area contributed by atoms with Crippen molar-refractivity contribution < 1.29 is 24.5 Å². The molecule has 0 aliphatic heterocycles. The zero-order valence-electron chi connectivity index (χ0n) is 41.0. The molecule has 0 heterocycles. The summed E-state index contributed by atoms with van der Waals surface area (Å²) in [5.41, 5.74) is 0. The highest BCUT2D eigenvalue weighted by atomic mass is 16.5. The van der Waals surface area contributed by atoms with Crippen LogP contribution < -0.4 is 5.32 Å². The smallest absolute Gasteiger partial charge is 0.306 e. The van der Waals surface area contributed by atoms with Crippen molar-refractivity contribution in [3.05, 3.63) is 60.8 Å². The van der Waals surface area contributed by atoms with Crippen LogP contribution in [0.1, 0.15) is 258 Å². The zero-order valence-corrected chi connectivity index (χ0v) is 41.0. The van der Waals surface area contributed by atoms with Gasteiger partial charge >= 0.3 is 5.97 Å². The molecule has 0 bridgehead atoms. The lowest BCUT2D eigenvalue weighted by atomic mass is 10.0. The Kier molecular flexibility index (Phi) is 47.6. The van der Waals surface area contributed by atoms with Gasteiger partial charge in [-0.25, -0.2) is 0 Å². The highest BCUT2D eigenvalue weighted by molar-refractivity contribution is 5.77. The third-order valence-electron chi connectivity index (χ3n) is 11.8. The average Bonchev–Trinajstić information content (AvgIpc) is 3.26. The predicted octanol–water partition coefficient (Wildman–Crippen LogP) is 16.0. The second-order valence-corrected chi connectivity index (χ2v) is 17.9. The number of carbonyl (C=O) groups excluding carboxylic acids is 2. The Hall–Kier alpha value is -2.44. The Bertz CT molecular complexity index is 1110. The third kappa shape index (κ3) is 44.2. The molecule has 3 unspecified atom stereocenters. The molecule has 0 saturated heterocycles. The molecule has 0 aromatic carbocycles. The van der Waals surface area contributed by atoms with E-state index in [1.54, 1.807) is 0 Å². The van der Waals surface area contributed by atoms with Crippen molar-refractivity contribution in [3.63, 3.8) is 0 Å². The lowest BCUT2D eigenvalue weighted by molar-refractivity contribution is -0.151. The maximum Gasteiger partial charge on any atom is 0.306 e. The molecule has 0 rings (SSSR count). The fourth-order valence-corrected chi connectivity index (χ4v) is 7.77. The van der Waals surface area contributed by atoms with Crippen LogP contribution in [-0.2, 0) is 14.3 Å². The maximum atomic E-state index is 13.2. The third-order valence-corrected chi connectivity index (χ3v) is 11.8. The Labute approximate surface area is 384 Å². The monoisotopic (exact) mass is 868 g/mol. The molecule has 1 amide bonds. The zero-order chi connectivity index (χ0) is 45.2. The van der Waals surface area contributed by atoms with Gasteiger partial charge in [-0.3, -0.25) is 9.59 Å². The van der Waals surface area contributed by atoms with Gasteiger partial charge in [-0.1, -0.05) is 216 Å². The van der Waals surface area contributed by atoms with Crippen LogP contribution in [0.4, 0.5) is 0 Å². The molecule has 3 N–H and O–H groups in total. The number of aliphatic hydroxyl groups excluding tert-OH is 2. The highest BCUT2D eigenvalue weighted by Gasteiger charge is 2.24. The normalized spacial score (nSPS) is 13.7. The lowest BCUT2D eigenvalue weighted by Gasteiger charge is -2.24. The van der Waals surface area contributed by atoms with E-state index in [1.165, 1.54) is 128 Å². The van der Waals surface area contributed by atoms with Crippen LogP contribution in [0.25, 0.3) is 0 Å². The summed E-state index contributed by atoms with van der Waals surface area (Å²) in [6, 6.07) is -0.717. The van der Waals surface area contributed by atoms with Crippen LogP contribution >= 0.6 is 0 Å². The molecule has 0 fully saturated rings. The van der Waals surface area contributed by atoms with Crippen LogP contribution in [0.2, 0.25) is 0 Å². The SMILES string of the molecule is CCCCC/C=C\C/C=C\C/C=C\C/C=C\CCCC(=O)OC(CCCCC/C=C/CCCCCCCCCCC)CC(=O)NC(CO)C(O)CCCCCCCCCCCC. The molecule has 0 aromatic rings. The van der Waals surface area contributed by atoms with Crippen LogP contribution in [0.3, 0.4) is 0 Å². The van der Waals surface area contributed by atoms with Gasteiger partial charge in [0.15, 0.2) is 0 Å². The van der Waals surface area contributed by atoms with E-state index in [0.717, 1.165) is 77.0 Å². The minimum absolute atomic E-state index is 0.0447. The Morgan fingerprint density at radius 2 is 0.823 bits per heavy atom. The Morgan fingerprint density at radius 3 is 1.31 bits per heavy atom. The van der Waals surface area contributed by atoms with Crippen molar-refractivity contribution in [3.8, 4) is 0 Å². The number of allylic oxidation sites excluding steroid dienone is 10. The summed E-state index contributed by atoms with van der Waals surface area (Å²) < 4.78 is 5.90. The van der Waals surface area contributed by atoms with Crippen LogP contribution in [0, 0.1) is 0 Å². The molecule has 0 spiro atoms. The van der Waals surface area contributed by atoms with E-state index in [0.29, 0.717) is 25.7 Å². The number of hydrogen-bond donors (Lipinski definition) is 3. The van der Waals surface area contributed by atoms with Gasteiger partial charge in [0.05, 0.1) is 25.2 Å². The van der Waals surface area contributed by atoms with Gasteiger partial charge in [0.1, 0.15) is 6.10 Å². The largest absolute Gasteiger partial charge is 0.462 e. The van der Waals surface area contributed by atoms with Crippen LogP contribution in [0.15, 0.2) is 60.8 Å². The van der Waals surface area contributed by atoms with Crippen molar-refractivity contribution in [2.75, 3.05) is 6.61 Å². The number of hydrogen-bond acceptors (Lipinski definition) is 5. The standard InChI is InChI=1S/C56H101NO5/c1-4-7-10-13-16-19-22-24-26-28-30-32-34-37-40-43-46-49-56(61)62-52(47-44-41-38-35-33-31-29-27-25-23-20-17-14-11-8-5-2)50-55(60)57-53(51-58)54(59)48-45-42-39-36-21-18-15-12-9-6-3/h16,19,24,26,30-33,37,40,52-54,58-59H,4-15,17-18,20-23,25,27-29,34-36,38-39,41-51H2,1-3H3,(H,57,60)/b19-16-,26-24-,32-30-,33-31+,40-37-. The molecule has 62 heavy (non-hydrogen) atoms. The van der Waals surface area contributed by atoms with Gasteiger partial charge in [-0.2, -0.15) is 0 Å². The van der Waals surface area contributed by atoms with Crippen LogP contribution in [0.5, 0.6) is 0 Å². The first-order chi connectivity index (χ1) is 30.5. The van der Waals surface area contributed by atoms with Gasteiger partial charge in [0.25, 0.3) is 0 Å². The first-order valence-electron chi connectivity index (χ1n) is 26.5. The summed E-state index contributed by atoms with van der Waals surface area (Å²) >= 11 is 0. The fraction of sp³-hybridized carbons (Fsp3) is 0.786. The topological polar surface area (TPSA) is 95.9 Å². The average molecular weight is 868 g/mol. The fourth-order valence-electron chi connectivity index (χ4n) is 7.77. The number of unbranched alkanes of at least 4 members (excludes halogenated alkanes) is 25. The summed E-state index contributed by atoms with van der Waals surface area (Å²) in [6.45, 7) is 6.43. The number of rotatable bonds is 47. The molecule has 0 aliphatic rings. The summed E-state index contributed by atoms with van der Waals surface area (Å²) in [7, 11) is 0. The summed E-state index contributed by atoms with van der Waals surface area (Å²) in [5, 5.41) is 23.7. The second-order valence-electron chi connectivity index (χ2n) is 17.9. The molecule has 0 radical (unpaired) electrons. The van der Waals surface area contributed by atoms with E-state index in [2.05, 4.69) is 86.8 Å². The van der Waals surface area contributed by atoms with E-state index < -0.39 is 18.2 Å². The lowest BCUT2D eigenvalue weighted by Crippen LogP contribution is -2.46. The second kappa shape index (κ2) is 49.6. The van der Waals surface area contributed by atoms with Crippen molar-refractivity contribution in [2.45, 2.75) is 277 Å². The van der Waals surface area contributed by atoms with E-state index in [-0.39, 0.29) is 24.9 Å². The molecule has 360 valence electrons. The minimum atomic E-state index is -0.801. The summed E-state index contributed by atoms with van der Waals surface area (Å²) in [4.78, 5) is 26.1. The summed E-state index contributed by atoms with van der Waals surface area (Å²) in [6.07, 6.45) is 61.4. The molecular weight excluding hydrogens is 767 g/mol. The first kappa shape index (κ1) is 59.6. The highest BCUT2D eigenvalue weighted by Crippen LogP contribution is 2.17. The Balaban J connectivity index is 4.69. The van der Waals surface area contributed by atoms with E-state index in [9.17, 15) is 19.8 Å². The van der Waals surface area contributed by atoms with Gasteiger partial charge in [-0.15, -0.1) is 0 Å². The quantitative estimate of drug-likeness (QED) is 0.0322. The van der Waals surface area contributed by atoms with Gasteiger partial charge in [0, 0.05) is 6.42 Å². The van der Waals surface area contributed by atoms with Crippen molar-refractivity contribution in [1.29, 1.82) is 0 Å². The van der Waals surface area contributed by atoms with E-state index >= 15 is 0 Å². The summed E-state index contributed by atoms with van der Waals surface area (Å²) in [5.74, 6) is -0.553.